The summed E-state index contributed by atoms with van der Waals surface area (Å²) in [5, 5.41) is 0.764. The molecule has 1 amide bonds. The molecule has 2 aromatic rings. The molecular weight excluding hydrogens is 395 g/mol. The average Bonchev–Trinajstić information content (AvgIpc) is 2.64. The van der Waals surface area contributed by atoms with Crippen LogP contribution in [0.2, 0.25) is 10.0 Å². The van der Waals surface area contributed by atoms with Gasteiger partial charge in [0.05, 0.1) is 16.3 Å². The number of carbonyl (C=O) groups is 1. The molecule has 0 unspecified atom stereocenters. The number of hydrogen-bond donors (Lipinski definition) is 0. The Balaban J connectivity index is 1.65. The molecule has 0 aliphatic carbocycles. The van der Waals surface area contributed by atoms with E-state index in [2.05, 4.69) is 0 Å². The van der Waals surface area contributed by atoms with Crippen molar-refractivity contribution in [2.75, 3.05) is 26.2 Å². The van der Waals surface area contributed by atoms with Crippen molar-refractivity contribution in [3.63, 3.8) is 0 Å². The van der Waals surface area contributed by atoms with Crippen molar-refractivity contribution in [1.82, 2.24) is 9.21 Å². The normalized spacial score (nSPS) is 15.8. The van der Waals surface area contributed by atoms with E-state index < -0.39 is 10.0 Å². The van der Waals surface area contributed by atoms with Crippen molar-refractivity contribution in [2.24, 2.45) is 0 Å². The fraction of sp³-hybridized carbons (Fsp3) is 0.278. The van der Waals surface area contributed by atoms with Crippen molar-refractivity contribution < 1.29 is 13.2 Å². The quantitative estimate of drug-likeness (QED) is 0.773. The van der Waals surface area contributed by atoms with Gasteiger partial charge in [-0.25, -0.2) is 8.42 Å². The molecule has 0 aromatic heterocycles. The minimum atomic E-state index is -3.42. The predicted octanol–water partition coefficient (Wildman–Crippen LogP) is 3.28. The summed E-state index contributed by atoms with van der Waals surface area (Å²) in [6, 6.07) is 13.8. The summed E-state index contributed by atoms with van der Waals surface area (Å²) in [6.07, 6.45) is 0. The minimum absolute atomic E-state index is 0.0398. The third-order valence-electron chi connectivity index (χ3n) is 4.27. The number of piperazine rings is 1. The first-order chi connectivity index (χ1) is 12.4. The molecule has 1 aliphatic rings. The average molecular weight is 413 g/mol. The molecule has 0 bridgehead atoms. The van der Waals surface area contributed by atoms with Crippen LogP contribution in [0.4, 0.5) is 0 Å². The van der Waals surface area contributed by atoms with Crippen molar-refractivity contribution in [1.29, 1.82) is 0 Å². The number of sulfonamides is 1. The van der Waals surface area contributed by atoms with Gasteiger partial charge in [0.25, 0.3) is 5.91 Å². The summed E-state index contributed by atoms with van der Waals surface area (Å²) in [7, 11) is -3.42. The van der Waals surface area contributed by atoms with Gasteiger partial charge in [0.1, 0.15) is 0 Å². The third-order valence-corrected chi connectivity index (χ3v) is 6.68. The number of benzene rings is 2. The molecule has 1 heterocycles. The molecular formula is C18H18Cl2N2O3S. The molecule has 138 valence electrons. The van der Waals surface area contributed by atoms with Gasteiger partial charge in [-0.3, -0.25) is 4.79 Å². The summed E-state index contributed by atoms with van der Waals surface area (Å²) in [5.41, 5.74) is 1.08. The Morgan fingerprint density at radius 2 is 1.62 bits per heavy atom. The second-order valence-electron chi connectivity index (χ2n) is 6.06. The fourth-order valence-corrected chi connectivity index (χ4v) is 4.76. The first-order valence-electron chi connectivity index (χ1n) is 8.13. The van der Waals surface area contributed by atoms with E-state index in [1.165, 1.54) is 10.4 Å². The highest BCUT2D eigenvalue weighted by Gasteiger charge is 2.30. The van der Waals surface area contributed by atoms with Crippen LogP contribution in [0.1, 0.15) is 15.9 Å². The number of rotatable bonds is 4. The van der Waals surface area contributed by atoms with Crippen LogP contribution in [-0.2, 0) is 15.8 Å². The lowest BCUT2D eigenvalue weighted by Crippen LogP contribution is -2.50. The Kier molecular flexibility index (Phi) is 5.87. The smallest absolute Gasteiger partial charge is 0.255 e. The van der Waals surface area contributed by atoms with Gasteiger partial charge < -0.3 is 4.90 Å². The molecule has 8 heteroatoms. The summed E-state index contributed by atoms with van der Waals surface area (Å²) in [5.74, 6) is -0.278. The zero-order valence-electron chi connectivity index (χ0n) is 13.9. The molecule has 0 spiro atoms. The molecule has 0 saturated carbocycles. The Bertz CT molecular complexity index is 896. The molecule has 1 saturated heterocycles. The summed E-state index contributed by atoms with van der Waals surface area (Å²) < 4.78 is 26.6. The highest BCUT2D eigenvalue weighted by atomic mass is 35.5. The van der Waals surface area contributed by atoms with Crippen molar-refractivity contribution in [3.8, 4) is 0 Å². The van der Waals surface area contributed by atoms with Gasteiger partial charge in [-0.1, -0.05) is 53.5 Å². The standard InChI is InChI=1S/C18H18Cl2N2O3S/c19-15-6-7-17(20)16(12-15)18(23)21-8-10-22(11-9-21)26(24,25)13-14-4-2-1-3-5-14/h1-7,12H,8-11,13H2. The van der Waals surface area contributed by atoms with Gasteiger partial charge in [0.15, 0.2) is 0 Å². The van der Waals surface area contributed by atoms with Crippen LogP contribution in [0.25, 0.3) is 0 Å². The van der Waals surface area contributed by atoms with E-state index in [0.717, 1.165) is 5.56 Å². The van der Waals surface area contributed by atoms with Crippen molar-refractivity contribution >= 4 is 39.1 Å². The molecule has 5 nitrogen and oxygen atoms in total. The van der Waals surface area contributed by atoms with Crippen molar-refractivity contribution in [3.05, 3.63) is 69.7 Å². The SMILES string of the molecule is O=C(c1cc(Cl)ccc1Cl)N1CCN(S(=O)(=O)Cc2ccccc2)CC1. The zero-order chi connectivity index (χ0) is 18.7. The van der Waals surface area contributed by atoms with Crippen LogP contribution in [0, 0.1) is 0 Å². The first-order valence-corrected chi connectivity index (χ1v) is 10.5. The van der Waals surface area contributed by atoms with Gasteiger partial charge in [-0.05, 0) is 23.8 Å². The predicted molar refractivity (Wildman–Crippen MR) is 103 cm³/mol. The lowest BCUT2D eigenvalue weighted by Gasteiger charge is -2.34. The second kappa shape index (κ2) is 7.96. The van der Waals surface area contributed by atoms with E-state index >= 15 is 0 Å². The zero-order valence-corrected chi connectivity index (χ0v) is 16.3. The van der Waals surface area contributed by atoms with E-state index in [4.69, 9.17) is 23.2 Å². The summed E-state index contributed by atoms with van der Waals surface area (Å²) in [6.45, 7) is 1.16. The van der Waals surface area contributed by atoms with Crippen LogP contribution in [-0.4, -0.2) is 49.7 Å². The maximum atomic E-state index is 12.6. The highest BCUT2D eigenvalue weighted by Crippen LogP contribution is 2.23. The van der Waals surface area contributed by atoms with Crippen molar-refractivity contribution in [2.45, 2.75) is 5.75 Å². The van der Waals surface area contributed by atoms with E-state index in [9.17, 15) is 13.2 Å². The fourth-order valence-electron chi connectivity index (χ4n) is 2.88. The monoisotopic (exact) mass is 412 g/mol. The van der Waals surface area contributed by atoms with Crippen LogP contribution in [0.15, 0.2) is 48.5 Å². The Labute approximate surface area is 163 Å². The van der Waals surface area contributed by atoms with E-state index in [-0.39, 0.29) is 24.7 Å². The van der Waals surface area contributed by atoms with Crippen LogP contribution < -0.4 is 0 Å². The minimum Gasteiger partial charge on any atom is -0.336 e. The van der Waals surface area contributed by atoms with Gasteiger partial charge in [0.2, 0.25) is 10.0 Å². The molecule has 26 heavy (non-hydrogen) atoms. The molecule has 3 rings (SSSR count). The number of carbonyl (C=O) groups excluding carboxylic acids is 1. The first kappa shape index (κ1) is 19.2. The maximum Gasteiger partial charge on any atom is 0.255 e. The van der Waals surface area contributed by atoms with E-state index in [1.54, 1.807) is 29.2 Å². The topological polar surface area (TPSA) is 57.7 Å². The second-order valence-corrected chi connectivity index (χ2v) is 8.87. The lowest BCUT2D eigenvalue weighted by atomic mass is 10.2. The van der Waals surface area contributed by atoms with Gasteiger partial charge >= 0.3 is 0 Å². The Morgan fingerprint density at radius 1 is 0.962 bits per heavy atom. The number of nitrogens with zero attached hydrogens (tertiary/aromatic N) is 2. The molecule has 1 fully saturated rings. The van der Waals surface area contributed by atoms with Crippen LogP contribution in [0.3, 0.4) is 0 Å². The number of amides is 1. The van der Waals surface area contributed by atoms with E-state index in [0.29, 0.717) is 28.7 Å². The molecule has 0 N–H and O–H groups in total. The largest absolute Gasteiger partial charge is 0.336 e. The van der Waals surface area contributed by atoms with E-state index in [1.807, 2.05) is 18.2 Å². The van der Waals surface area contributed by atoms with Crippen LogP contribution >= 0.6 is 23.2 Å². The van der Waals surface area contributed by atoms with Gasteiger partial charge in [0, 0.05) is 31.2 Å². The Morgan fingerprint density at radius 3 is 2.27 bits per heavy atom. The van der Waals surface area contributed by atoms with Crippen LogP contribution in [0.5, 0.6) is 0 Å². The molecule has 2 aromatic carbocycles. The molecule has 0 radical (unpaired) electrons. The summed E-state index contributed by atoms with van der Waals surface area (Å²) >= 11 is 12.0. The number of halogens is 2. The lowest BCUT2D eigenvalue weighted by molar-refractivity contribution is 0.0698. The third kappa shape index (κ3) is 4.38. The number of hydrogen-bond acceptors (Lipinski definition) is 3. The highest BCUT2D eigenvalue weighted by molar-refractivity contribution is 7.88. The van der Waals surface area contributed by atoms with Gasteiger partial charge in [-0.2, -0.15) is 4.31 Å². The molecule has 1 aliphatic heterocycles. The Hall–Kier alpha value is -1.60. The summed E-state index contributed by atoms with van der Waals surface area (Å²) in [4.78, 5) is 14.2. The maximum absolute atomic E-state index is 12.6. The molecule has 0 atom stereocenters. The van der Waals surface area contributed by atoms with Gasteiger partial charge in [-0.15, -0.1) is 0 Å².